The number of amides is 1. The molecule has 3 nitrogen and oxygen atoms in total. The second-order valence-corrected chi connectivity index (χ2v) is 3.70. The van der Waals surface area contributed by atoms with Gasteiger partial charge in [-0.1, -0.05) is 18.9 Å². The van der Waals surface area contributed by atoms with Crippen LogP contribution in [0.1, 0.15) is 25.7 Å². The van der Waals surface area contributed by atoms with E-state index >= 15 is 0 Å². The van der Waals surface area contributed by atoms with Crippen LogP contribution in [0.4, 0.5) is 0 Å². The van der Waals surface area contributed by atoms with Crippen LogP contribution >= 0.6 is 12.4 Å². The van der Waals surface area contributed by atoms with Crippen molar-refractivity contribution in [1.29, 1.82) is 0 Å². The van der Waals surface area contributed by atoms with Crippen molar-refractivity contribution in [2.24, 2.45) is 0 Å². The van der Waals surface area contributed by atoms with E-state index in [-0.39, 0.29) is 18.3 Å². The van der Waals surface area contributed by atoms with Gasteiger partial charge in [0.25, 0.3) is 0 Å². The SMILES string of the molecule is CNC/C=C/C(=O)N1CCCCCC1.Cl. The van der Waals surface area contributed by atoms with Crippen molar-refractivity contribution in [2.45, 2.75) is 25.7 Å². The Balaban J connectivity index is 0.00000196. The number of hydrogen-bond donors (Lipinski definition) is 1. The molecule has 0 aromatic heterocycles. The highest BCUT2D eigenvalue weighted by Gasteiger charge is 2.12. The van der Waals surface area contributed by atoms with Gasteiger partial charge in [-0.15, -0.1) is 12.4 Å². The Kier molecular flexibility index (Phi) is 8.43. The van der Waals surface area contributed by atoms with Crippen LogP contribution in [-0.4, -0.2) is 37.5 Å². The van der Waals surface area contributed by atoms with Gasteiger partial charge in [0.05, 0.1) is 0 Å². The molecule has 0 aromatic carbocycles. The van der Waals surface area contributed by atoms with Gasteiger partial charge in [0.2, 0.25) is 5.91 Å². The monoisotopic (exact) mass is 232 g/mol. The molecular weight excluding hydrogens is 212 g/mol. The molecule has 1 rings (SSSR count). The minimum atomic E-state index is 0. The molecule has 1 heterocycles. The molecule has 0 bridgehead atoms. The molecule has 0 spiro atoms. The molecule has 0 aliphatic carbocycles. The maximum atomic E-state index is 11.6. The van der Waals surface area contributed by atoms with E-state index in [9.17, 15) is 4.79 Å². The maximum absolute atomic E-state index is 11.6. The third-order valence-corrected chi connectivity index (χ3v) is 2.50. The largest absolute Gasteiger partial charge is 0.339 e. The van der Waals surface area contributed by atoms with Crippen LogP contribution in [0.5, 0.6) is 0 Å². The number of nitrogens with zero attached hydrogens (tertiary/aromatic N) is 1. The third-order valence-electron chi connectivity index (χ3n) is 2.50. The molecule has 4 heteroatoms. The van der Waals surface area contributed by atoms with Gasteiger partial charge < -0.3 is 10.2 Å². The first-order chi connectivity index (χ1) is 6.84. The van der Waals surface area contributed by atoms with Crippen LogP contribution in [0.25, 0.3) is 0 Å². The Morgan fingerprint density at radius 3 is 2.40 bits per heavy atom. The second-order valence-electron chi connectivity index (χ2n) is 3.70. The normalized spacial score (nSPS) is 17.3. The summed E-state index contributed by atoms with van der Waals surface area (Å²) < 4.78 is 0. The number of likely N-dealkylation sites (tertiary alicyclic amines) is 1. The van der Waals surface area contributed by atoms with E-state index in [1.54, 1.807) is 6.08 Å². The summed E-state index contributed by atoms with van der Waals surface area (Å²) in [7, 11) is 1.88. The molecule has 1 fully saturated rings. The maximum Gasteiger partial charge on any atom is 0.246 e. The highest BCUT2D eigenvalue weighted by Crippen LogP contribution is 2.09. The molecule has 1 aliphatic rings. The number of halogens is 1. The predicted octanol–water partition coefficient (Wildman–Crippen LogP) is 1.59. The van der Waals surface area contributed by atoms with Gasteiger partial charge in [-0.05, 0) is 19.9 Å². The fraction of sp³-hybridized carbons (Fsp3) is 0.727. The van der Waals surface area contributed by atoms with E-state index in [1.165, 1.54) is 12.8 Å². The van der Waals surface area contributed by atoms with Crippen LogP contribution in [0.15, 0.2) is 12.2 Å². The summed E-state index contributed by atoms with van der Waals surface area (Å²) in [5, 5.41) is 2.98. The van der Waals surface area contributed by atoms with Crippen molar-refractivity contribution in [3.63, 3.8) is 0 Å². The fourth-order valence-electron chi connectivity index (χ4n) is 1.67. The van der Waals surface area contributed by atoms with Crippen LogP contribution in [0.3, 0.4) is 0 Å². The first-order valence-corrected chi connectivity index (χ1v) is 5.44. The molecule has 15 heavy (non-hydrogen) atoms. The number of nitrogens with one attached hydrogen (secondary N) is 1. The number of likely N-dealkylation sites (N-methyl/N-ethyl adjacent to an activating group) is 1. The van der Waals surface area contributed by atoms with Crippen molar-refractivity contribution >= 4 is 18.3 Å². The average Bonchev–Trinajstić information content (AvgIpc) is 2.46. The van der Waals surface area contributed by atoms with E-state index in [2.05, 4.69) is 5.32 Å². The van der Waals surface area contributed by atoms with Crippen LogP contribution in [-0.2, 0) is 4.79 Å². The topological polar surface area (TPSA) is 32.3 Å². The first-order valence-electron chi connectivity index (χ1n) is 5.44. The van der Waals surface area contributed by atoms with Crippen molar-refractivity contribution < 1.29 is 4.79 Å². The molecule has 88 valence electrons. The van der Waals surface area contributed by atoms with Crippen molar-refractivity contribution in [3.05, 3.63) is 12.2 Å². The average molecular weight is 233 g/mol. The summed E-state index contributed by atoms with van der Waals surface area (Å²) in [5.74, 6) is 0.169. The van der Waals surface area contributed by atoms with E-state index in [0.717, 1.165) is 32.5 Å². The molecule has 0 saturated carbocycles. The number of carbonyl (C=O) groups is 1. The lowest BCUT2D eigenvalue weighted by Gasteiger charge is -2.17. The summed E-state index contributed by atoms with van der Waals surface area (Å²) in [6.45, 7) is 2.63. The highest BCUT2D eigenvalue weighted by molar-refractivity contribution is 5.87. The molecule has 1 aliphatic heterocycles. The molecule has 1 amide bonds. The molecule has 0 aromatic rings. The van der Waals surface area contributed by atoms with E-state index in [0.29, 0.717) is 0 Å². The summed E-state index contributed by atoms with van der Waals surface area (Å²) in [6, 6.07) is 0. The van der Waals surface area contributed by atoms with Gasteiger partial charge in [-0.25, -0.2) is 0 Å². The molecule has 0 atom stereocenters. The van der Waals surface area contributed by atoms with Crippen molar-refractivity contribution in [2.75, 3.05) is 26.7 Å². The van der Waals surface area contributed by atoms with Crippen LogP contribution in [0, 0.1) is 0 Å². The van der Waals surface area contributed by atoms with Gasteiger partial charge in [0.1, 0.15) is 0 Å². The molecule has 0 unspecified atom stereocenters. The van der Waals surface area contributed by atoms with Crippen molar-refractivity contribution in [1.82, 2.24) is 10.2 Å². The zero-order chi connectivity index (χ0) is 10.2. The molecule has 1 saturated heterocycles. The minimum Gasteiger partial charge on any atom is -0.339 e. The van der Waals surface area contributed by atoms with Gasteiger partial charge >= 0.3 is 0 Å². The Hall–Kier alpha value is -0.540. The Labute approximate surface area is 98.3 Å². The zero-order valence-electron chi connectivity index (χ0n) is 9.37. The number of carbonyl (C=O) groups excluding carboxylic acids is 1. The van der Waals surface area contributed by atoms with Crippen molar-refractivity contribution in [3.8, 4) is 0 Å². The minimum absolute atomic E-state index is 0. The Bertz CT molecular complexity index is 199. The third kappa shape index (κ3) is 5.80. The first kappa shape index (κ1) is 14.5. The van der Waals surface area contributed by atoms with Gasteiger partial charge in [0.15, 0.2) is 0 Å². The molecule has 1 N–H and O–H groups in total. The Morgan fingerprint density at radius 1 is 1.27 bits per heavy atom. The fourth-order valence-corrected chi connectivity index (χ4v) is 1.67. The van der Waals surface area contributed by atoms with Gasteiger partial charge in [-0.2, -0.15) is 0 Å². The van der Waals surface area contributed by atoms with Crippen LogP contribution < -0.4 is 5.32 Å². The van der Waals surface area contributed by atoms with E-state index in [1.807, 2.05) is 18.0 Å². The lowest BCUT2D eigenvalue weighted by molar-refractivity contribution is -0.126. The standard InChI is InChI=1S/C11H20N2O.ClH/c1-12-8-6-7-11(14)13-9-4-2-3-5-10-13;/h6-7,12H,2-5,8-10H2,1H3;1H/b7-6+;. The lowest BCUT2D eigenvalue weighted by atomic mass is 10.2. The van der Waals surface area contributed by atoms with E-state index in [4.69, 9.17) is 0 Å². The number of hydrogen-bond acceptors (Lipinski definition) is 2. The summed E-state index contributed by atoms with van der Waals surface area (Å²) in [5.41, 5.74) is 0. The summed E-state index contributed by atoms with van der Waals surface area (Å²) in [4.78, 5) is 13.6. The van der Waals surface area contributed by atoms with Crippen LogP contribution in [0.2, 0.25) is 0 Å². The lowest BCUT2D eigenvalue weighted by Crippen LogP contribution is -2.30. The quantitative estimate of drug-likeness (QED) is 0.750. The smallest absolute Gasteiger partial charge is 0.246 e. The summed E-state index contributed by atoms with van der Waals surface area (Å²) in [6.07, 6.45) is 8.42. The second kappa shape index (κ2) is 8.74. The van der Waals surface area contributed by atoms with Gasteiger partial charge in [-0.3, -0.25) is 4.79 Å². The highest BCUT2D eigenvalue weighted by atomic mass is 35.5. The molecule has 0 radical (unpaired) electrons. The van der Waals surface area contributed by atoms with Gasteiger partial charge in [0, 0.05) is 25.7 Å². The Morgan fingerprint density at radius 2 is 1.87 bits per heavy atom. The molecular formula is C11H21ClN2O. The van der Waals surface area contributed by atoms with E-state index < -0.39 is 0 Å². The predicted molar refractivity (Wildman–Crippen MR) is 65.4 cm³/mol. The number of rotatable bonds is 3. The zero-order valence-corrected chi connectivity index (χ0v) is 10.2. The summed E-state index contributed by atoms with van der Waals surface area (Å²) >= 11 is 0.